The molecule has 0 amide bonds. The SMILES string of the molecule is [2H]Oc1c([2H])c([2H])c([2H])c([C@@H](CN([2H])C)O[2H])c1[2H].[2H]Oc1c([2H])c([2H])c([2H])c([C@@]([2H])(CN([2H])C)O[2H])c1[2H].[2H]Oc1c([2H])c([2H])c([2H])c([C@H](O[2H])C([2H])([2H])N([2H])C)c1[2H].[2H]Oc1c([2H])c([2H])c([2H])c([C@]([2H])(O[2H])C([2H])([2H])N([2H])C)c1[2H].[2H]Oc1cccc(C(CN([2H])C([2H])([2H])[2H])O[2H])c1.[2H]Oc1cccc(C(O[2H])C([2H])([2H])N([2H])C([2H])([2H])[2H])c1.[2H]Oc1cccc(C([2H])(CN([2H])C([2H])([2H])[2H])O[2H])c1.[2H]Oc1cccc(C([2H])(O[2H])C([2H])([2H])N([2H])C([2H])([2H])[2H])c1. The van der Waals surface area contributed by atoms with E-state index >= 15 is 0 Å². The van der Waals surface area contributed by atoms with Crippen molar-refractivity contribution in [3.8, 4) is 46.0 Å². The van der Waals surface area contributed by atoms with Crippen molar-refractivity contribution < 1.29 is 148 Å². The molecule has 0 saturated carbocycles. The van der Waals surface area contributed by atoms with Crippen molar-refractivity contribution in [2.75, 3.05) is 108 Å². The summed E-state index contributed by atoms with van der Waals surface area (Å²) in [5, 5.41) is 69.6. The van der Waals surface area contributed by atoms with Crippen molar-refractivity contribution in [2.45, 2.75) is 48.7 Å². The van der Waals surface area contributed by atoms with Crippen molar-refractivity contribution in [3.63, 3.8) is 0 Å². The Balaban J connectivity index is 0.000000915. The van der Waals surface area contributed by atoms with Gasteiger partial charge in [-0.05, 0) is 197 Å². The van der Waals surface area contributed by atoms with Crippen molar-refractivity contribution in [1.82, 2.24) is 42.5 Å². The number of aliphatic hydroxyl groups excluding tert-OH is 4. The van der Waals surface area contributed by atoms with Crippen molar-refractivity contribution in [3.05, 3.63) is 238 Å². The quantitative estimate of drug-likeness (QED) is 0.0236. The van der Waals surface area contributed by atoms with Crippen LogP contribution in [0.4, 0.5) is 0 Å². The van der Waals surface area contributed by atoms with Crippen LogP contribution in [0.2, 0.25) is 11.3 Å². The zero-order valence-electron chi connectivity index (χ0n) is 114. The van der Waals surface area contributed by atoms with Gasteiger partial charge in [-0.1, -0.05) is 96.9 Å². The fourth-order valence-corrected chi connectivity index (χ4v) is 6.00. The Morgan fingerprint density at radius 1 is 0.323 bits per heavy atom. The minimum atomic E-state index is -3.18. The molecule has 8 rings (SSSR count). The molecule has 24 N–H and O–H groups in total. The Kier molecular flexibility index (Phi) is 15.1. The van der Waals surface area contributed by atoms with E-state index in [1.165, 1.54) is 86.9 Å². The zero-order chi connectivity index (χ0) is 125. The smallest absolute Gasteiger partial charge is 0.293 e. The van der Waals surface area contributed by atoms with Gasteiger partial charge in [-0.2, -0.15) is 0 Å². The number of hydrogen-bond acceptors (Lipinski definition) is 24. The maximum absolute atomic E-state index is 8.02. The van der Waals surface area contributed by atoms with E-state index in [0.29, 0.717) is 16.2 Å². The Labute approximate surface area is 656 Å². The molecule has 0 heterocycles. The first kappa shape index (κ1) is 28.5. The van der Waals surface area contributed by atoms with Crippen LogP contribution in [-0.2, 0) is 0 Å². The molecule has 0 saturated heterocycles. The number of phenols is 8. The number of benzene rings is 8. The van der Waals surface area contributed by atoms with E-state index in [9.17, 15) is 0 Å². The third-order valence-corrected chi connectivity index (χ3v) is 10.1. The third kappa shape index (κ3) is 37.6. The third-order valence-electron chi connectivity index (χ3n) is 10.1. The summed E-state index contributed by atoms with van der Waals surface area (Å²) in [6, 6.07) is 11.7. The van der Waals surface area contributed by atoms with Crippen LogP contribution in [0.1, 0.15) is 148 Å². The Morgan fingerprint density at radius 3 is 1.07 bits per heavy atom. The van der Waals surface area contributed by atoms with E-state index in [4.69, 9.17) is 89.0 Å². The van der Waals surface area contributed by atoms with E-state index in [1.54, 1.807) is 18.2 Å². The van der Waals surface area contributed by atoms with Gasteiger partial charge in [0.15, 0.2) is 0 Å². The standard InChI is InChI=1S/8C9H13NO2/c8*1-10-6-9(12)7-3-2-4-8(11)5-7/h8*2-5,9-12H,6H2,1H3/t4*9-;;;;/m1111..../s1/i2D,3D,4D,5D,6D2,9D,12D;2D,3D,4D,5D,9D,12D;2D,3D,4D,5D,6D2,12D;2D,3D,4D,5D,12D;1D3,6D2,9D,12D;1D3,9D,12D;1D3,6D2,12D;1D3,12D/hD16. The van der Waals surface area contributed by atoms with Gasteiger partial charge in [-0.25, -0.2) is 0 Å². The lowest BCUT2D eigenvalue weighted by Gasteiger charge is -2.09. The molecule has 0 spiro atoms. The highest BCUT2D eigenvalue weighted by molar-refractivity contribution is 5.34. The molecule has 8 aromatic carbocycles. The lowest BCUT2D eigenvalue weighted by molar-refractivity contribution is 0.177. The van der Waals surface area contributed by atoms with Crippen molar-refractivity contribution in [1.29, 1.82) is 22.9 Å². The number of rotatable bonds is 40. The van der Waals surface area contributed by atoms with E-state index in [0.717, 1.165) is 30.8 Å². The van der Waals surface area contributed by atoms with E-state index < -0.39 is 257 Å². The fraction of sp³-hybridized carbons (Fsp3) is 0.333. The average molecular weight is 1400 g/mol. The summed E-state index contributed by atoms with van der Waals surface area (Å²) < 4.78 is 470. The topological polar surface area (TPSA) is 420 Å². The highest BCUT2D eigenvalue weighted by atomic mass is 16.3. The maximum atomic E-state index is 8.02. The molecule has 0 aliphatic heterocycles. The molecule has 0 aliphatic carbocycles. The first-order chi connectivity index (χ1) is 73.4. The van der Waals surface area contributed by atoms with Gasteiger partial charge in [0, 0.05) is 79.6 Å². The van der Waals surface area contributed by atoms with Gasteiger partial charge in [0.05, 0.1) is 76.2 Å². The minimum Gasteiger partial charge on any atom is -0.508 e. The molecule has 8 aromatic rings. The molecular weight excluding hydrogens is 1230 g/mol. The second-order valence-electron chi connectivity index (χ2n) is 17.1. The van der Waals surface area contributed by atoms with Crippen LogP contribution >= 0.6 is 0 Å². The summed E-state index contributed by atoms with van der Waals surface area (Å²) in [5.74, 6) is -2.08. The van der Waals surface area contributed by atoms with Crippen LogP contribution in [0.5, 0.6) is 46.0 Å². The molecule has 4 unspecified atom stereocenters. The molecule has 8 atom stereocenters. The van der Waals surface area contributed by atoms with Crippen molar-refractivity contribution in [2.24, 2.45) is 0 Å². The summed E-state index contributed by atoms with van der Waals surface area (Å²) in [7, 11) is 4.69. The second-order valence-corrected chi connectivity index (χ2v) is 17.1. The molecule has 0 aromatic heterocycles. The Hall–Kier alpha value is -8.48. The van der Waals surface area contributed by atoms with E-state index in [1.807, 2.05) is 0 Å². The van der Waals surface area contributed by atoms with Gasteiger partial charge in [0.2, 0.25) is 11.4 Å². The average Bonchev–Trinajstić information content (AvgIpc) is 0.731. The highest BCUT2D eigenvalue weighted by Crippen LogP contribution is 2.23. The Bertz CT molecular complexity index is 5950. The predicted octanol–water partition coefficient (Wildman–Crippen LogP) is 5.16. The maximum Gasteiger partial charge on any atom is 0.293 e. The highest BCUT2D eigenvalue weighted by Gasteiger charge is 2.12. The summed E-state index contributed by atoms with van der Waals surface area (Å²) in [5.41, 5.74) is -1.64. The second kappa shape index (κ2) is 50.9. The summed E-state index contributed by atoms with van der Waals surface area (Å²) in [4.78, 5) is 0. The number of aliphatic hydroxyl groups is 8. The monoisotopic (exact) mass is 1400 g/mol. The van der Waals surface area contributed by atoms with Crippen LogP contribution in [0.15, 0.2) is 194 Å². The predicted molar refractivity (Wildman–Crippen MR) is 376 cm³/mol. The number of aromatic hydroxyl groups is 8. The van der Waals surface area contributed by atoms with Crippen LogP contribution in [-0.4, -0.2) is 213 Å². The number of hydrogen-bond donors (Lipinski definition) is 24. The van der Waals surface area contributed by atoms with Crippen LogP contribution in [0.25, 0.3) is 0 Å². The van der Waals surface area contributed by atoms with Gasteiger partial charge >= 0.3 is 0 Å². The molecule has 24 heteroatoms. The number of nitrogens with one attached hydrogen (secondary N) is 8. The van der Waals surface area contributed by atoms with Crippen LogP contribution in [0, 0.1) is 0 Å². The number of phenolic OH excluding ortho intramolecular Hbond substituents is 8. The molecule has 528 valence electrons. The molecule has 0 fully saturated rings. The van der Waals surface area contributed by atoms with Gasteiger partial charge in [-0.15, -0.1) is 0 Å². The summed E-state index contributed by atoms with van der Waals surface area (Å²) in [6.45, 7) is -24.5. The summed E-state index contributed by atoms with van der Waals surface area (Å²) in [6.07, 6.45) is -15.8. The van der Waals surface area contributed by atoms with Gasteiger partial charge in [-0.3, -0.25) is 0 Å². The van der Waals surface area contributed by atoms with Gasteiger partial charge < -0.3 is 124 Å². The lowest BCUT2D eigenvalue weighted by Crippen LogP contribution is -2.16. The molecule has 0 aliphatic rings. The van der Waals surface area contributed by atoms with E-state index in [2.05, 4.69) is 81.7 Å². The molecule has 0 bridgehead atoms. The summed E-state index contributed by atoms with van der Waals surface area (Å²) >= 11 is 0. The normalized spacial score (nSPS) is 24.8. The van der Waals surface area contributed by atoms with Crippen molar-refractivity contribution >= 4 is 0 Å². The van der Waals surface area contributed by atoms with Gasteiger partial charge in [0.1, 0.15) is 57.3 Å². The van der Waals surface area contributed by atoms with Crippen LogP contribution in [0.3, 0.4) is 0 Å². The minimum absolute atomic E-state index is 0.0533. The number of likely N-dealkylation sites (N-methyl/N-ethyl adjacent to an activating group) is 8. The zero-order valence-corrected chi connectivity index (χ0v) is 50.5. The van der Waals surface area contributed by atoms with E-state index in [-0.39, 0.29) is 74.3 Å². The molecule has 24 nitrogen and oxygen atoms in total. The molecular formula is C72H104N8O16. The fourth-order valence-electron chi connectivity index (χ4n) is 6.00. The first-order valence-electron chi connectivity index (χ1n) is 56.4. The van der Waals surface area contributed by atoms with Crippen LogP contribution < -0.4 is 42.5 Å². The Morgan fingerprint density at radius 2 is 0.635 bits per heavy atom. The molecule has 0 radical (unpaired) electrons. The lowest BCUT2D eigenvalue weighted by atomic mass is 10.1. The first-order valence-corrected chi connectivity index (χ1v) is 26.3. The largest absolute Gasteiger partial charge is 0.508 e. The molecule has 96 heavy (non-hydrogen) atoms. The van der Waals surface area contributed by atoms with Gasteiger partial charge in [0.25, 0.3) is 11.4 Å².